The van der Waals surface area contributed by atoms with E-state index in [-0.39, 0.29) is 16.8 Å². The first kappa shape index (κ1) is 41.6. The fourth-order valence-corrected chi connectivity index (χ4v) is 10.1. The fourth-order valence-electron chi connectivity index (χ4n) is 5.76. The zero-order valence-electron chi connectivity index (χ0n) is 30.9. The number of aryl methyl sites for hydroxylation is 3. The first-order chi connectivity index (χ1) is 25.7. The molecule has 0 aliphatic heterocycles. The second-order valence-corrected chi connectivity index (χ2v) is 17.3. The third-order valence-electron chi connectivity index (χ3n) is 8.40. The van der Waals surface area contributed by atoms with Crippen molar-refractivity contribution in [3.05, 3.63) is 137 Å². The number of nitrogens with zero attached hydrogens (tertiary/aromatic N) is 3. The van der Waals surface area contributed by atoms with Gasteiger partial charge >= 0.3 is 0 Å². The van der Waals surface area contributed by atoms with Gasteiger partial charge in [0, 0.05) is 18.7 Å². The Bertz CT molecular complexity index is 2240. The van der Waals surface area contributed by atoms with E-state index >= 15 is 0 Å². The van der Waals surface area contributed by atoms with E-state index in [9.17, 15) is 16.8 Å². The van der Waals surface area contributed by atoms with Crippen LogP contribution in [0.3, 0.4) is 0 Å². The lowest BCUT2D eigenvalue weighted by atomic mass is 10.1. The van der Waals surface area contributed by atoms with Crippen molar-refractivity contribution in [3.63, 3.8) is 0 Å². The predicted octanol–water partition coefficient (Wildman–Crippen LogP) is 8.31. The number of pyridine rings is 1. The van der Waals surface area contributed by atoms with Gasteiger partial charge in [0.25, 0.3) is 20.0 Å². The van der Waals surface area contributed by atoms with Crippen molar-refractivity contribution in [1.29, 1.82) is 5.26 Å². The van der Waals surface area contributed by atoms with Crippen molar-refractivity contribution in [2.75, 3.05) is 11.8 Å². The molecule has 0 spiro atoms. The quantitative estimate of drug-likeness (QED) is 0.127. The number of thiophene rings is 1. The minimum atomic E-state index is -3.75. The molecular formula is C40H45N5O6S3. The molecule has 1 fully saturated rings. The van der Waals surface area contributed by atoms with Crippen LogP contribution >= 0.6 is 11.3 Å². The first-order valence-electron chi connectivity index (χ1n) is 17.0. The Morgan fingerprint density at radius 3 is 2.20 bits per heavy atom. The van der Waals surface area contributed by atoms with Crippen LogP contribution in [0.25, 0.3) is 0 Å². The summed E-state index contributed by atoms with van der Waals surface area (Å²) in [5, 5.41) is 10.9. The van der Waals surface area contributed by atoms with Crippen LogP contribution in [-0.2, 0) is 26.6 Å². The van der Waals surface area contributed by atoms with Crippen molar-refractivity contribution in [1.82, 2.24) is 9.29 Å². The van der Waals surface area contributed by atoms with Crippen LogP contribution in [0, 0.1) is 38.0 Å². The molecule has 1 aliphatic rings. The maximum Gasteiger partial charge on any atom is 0.262 e. The van der Waals surface area contributed by atoms with E-state index < -0.39 is 20.0 Å². The SMILES string of the molecule is C=CN.COc1ccc(CN(C(C)C2CC2)S(=O)(=O)c2cccs2)cc1.Cc1cc(C)c(S(=O)(=O)Nc2ccc(Oc3ccccc3C#N)nc2)c(C)c1. The van der Waals surface area contributed by atoms with Crippen molar-refractivity contribution < 1.29 is 26.3 Å². The number of rotatable bonds is 12. The van der Waals surface area contributed by atoms with Crippen LogP contribution in [-0.4, -0.2) is 39.3 Å². The number of nitrogens with two attached hydrogens (primary N) is 1. The molecule has 14 heteroatoms. The summed E-state index contributed by atoms with van der Waals surface area (Å²) >= 11 is 1.27. The van der Waals surface area contributed by atoms with E-state index in [1.807, 2.05) is 56.3 Å². The Hall–Kier alpha value is -5.20. The molecule has 0 radical (unpaired) electrons. The van der Waals surface area contributed by atoms with Crippen molar-refractivity contribution in [3.8, 4) is 23.4 Å². The lowest BCUT2D eigenvalue weighted by Gasteiger charge is -2.28. The smallest absolute Gasteiger partial charge is 0.262 e. The average molecular weight is 788 g/mol. The van der Waals surface area contributed by atoms with Crippen LogP contribution < -0.4 is 19.9 Å². The van der Waals surface area contributed by atoms with Gasteiger partial charge in [0.2, 0.25) is 5.88 Å². The van der Waals surface area contributed by atoms with E-state index in [0.29, 0.717) is 44.8 Å². The summed E-state index contributed by atoms with van der Waals surface area (Å²) in [6, 6.07) is 26.7. The summed E-state index contributed by atoms with van der Waals surface area (Å²) in [6.07, 6.45) is 4.85. The number of para-hydroxylation sites is 1. The van der Waals surface area contributed by atoms with Gasteiger partial charge < -0.3 is 15.2 Å². The number of nitriles is 1. The van der Waals surface area contributed by atoms with Crippen LogP contribution in [0.1, 0.15) is 47.6 Å². The van der Waals surface area contributed by atoms with Gasteiger partial charge in [-0.25, -0.2) is 21.8 Å². The number of hydrogen-bond donors (Lipinski definition) is 2. The Morgan fingerprint density at radius 1 is 1.02 bits per heavy atom. The molecule has 6 rings (SSSR count). The molecule has 0 saturated heterocycles. The van der Waals surface area contributed by atoms with Gasteiger partial charge in [0.1, 0.15) is 21.8 Å². The molecule has 1 unspecified atom stereocenters. The van der Waals surface area contributed by atoms with Crippen LogP contribution in [0.2, 0.25) is 0 Å². The summed E-state index contributed by atoms with van der Waals surface area (Å²) in [7, 11) is -5.58. The van der Waals surface area contributed by atoms with E-state index in [1.165, 1.54) is 23.7 Å². The molecular weight excluding hydrogens is 743 g/mol. The van der Waals surface area contributed by atoms with Gasteiger partial charge in [-0.3, -0.25) is 4.72 Å². The van der Waals surface area contributed by atoms with Crippen LogP contribution in [0.4, 0.5) is 5.69 Å². The number of hydrogen-bond acceptors (Lipinski definition) is 10. The highest BCUT2D eigenvalue weighted by Gasteiger charge is 2.38. The molecule has 54 heavy (non-hydrogen) atoms. The lowest BCUT2D eigenvalue weighted by Crippen LogP contribution is -2.39. The lowest BCUT2D eigenvalue weighted by molar-refractivity contribution is 0.303. The Morgan fingerprint density at radius 2 is 1.67 bits per heavy atom. The molecule has 11 nitrogen and oxygen atoms in total. The second-order valence-electron chi connectivity index (χ2n) is 12.6. The van der Waals surface area contributed by atoms with E-state index in [4.69, 9.17) is 14.7 Å². The van der Waals surface area contributed by atoms with Crippen molar-refractivity contribution >= 4 is 37.1 Å². The van der Waals surface area contributed by atoms with Gasteiger partial charge in [-0.05, 0) is 111 Å². The van der Waals surface area contributed by atoms with E-state index in [2.05, 4.69) is 22.0 Å². The number of anilines is 1. The molecule has 3 N–H and O–H groups in total. The maximum atomic E-state index is 13.0. The zero-order chi connectivity index (χ0) is 39.5. The number of sulfonamides is 2. The largest absolute Gasteiger partial charge is 0.497 e. The molecule has 3 aromatic carbocycles. The second kappa shape index (κ2) is 18.7. The van der Waals surface area contributed by atoms with Gasteiger partial charge in [0.05, 0.1) is 29.5 Å². The summed E-state index contributed by atoms with van der Waals surface area (Å²) < 4.78 is 67.0. The number of nitrogens with one attached hydrogen (secondary N) is 1. The Balaban J connectivity index is 0.000000228. The normalized spacial score (nSPS) is 12.9. The minimum absolute atomic E-state index is 0.0178. The Labute approximate surface area is 322 Å². The standard InChI is InChI=1S/C21H19N3O3S.C17H21NO3S2.C2H5N/c1-14-10-15(2)21(16(3)11-14)28(25,26)24-18-8-9-20(23-13-18)27-19-7-5-4-6-17(19)12-22;1-13(15-7-8-15)18(23(19,20)17-4-3-11-22-17)12-14-5-9-16(21-2)10-6-14;1-2-3/h4-11,13,24H,1-3H3;3-6,9-11,13,15H,7-8,12H2,1-2H3;2H,1,3H2. The van der Waals surface area contributed by atoms with Crippen molar-refractivity contribution in [2.24, 2.45) is 11.7 Å². The monoisotopic (exact) mass is 787 g/mol. The molecule has 5 aromatic rings. The molecule has 1 aliphatic carbocycles. The third-order valence-corrected chi connectivity index (χ3v) is 13.4. The van der Waals surface area contributed by atoms with Crippen LogP contribution in [0.15, 0.2) is 118 Å². The number of methoxy groups -OCH3 is 1. The number of benzene rings is 3. The summed E-state index contributed by atoms with van der Waals surface area (Å²) in [4.78, 5) is 4.39. The molecule has 1 saturated carbocycles. The molecule has 2 heterocycles. The Kier molecular flexibility index (Phi) is 14.4. The number of aromatic nitrogens is 1. The molecule has 2 aromatic heterocycles. The fraction of sp³-hybridized carbons (Fsp3) is 0.250. The summed E-state index contributed by atoms with van der Waals surface area (Å²) in [5.74, 6) is 1.89. The van der Waals surface area contributed by atoms with Gasteiger partial charge in [-0.1, -0.05) is 54.6 Å². The zero-order valence-corrected chi connectivity index (χ0v) is 33.3. The summed E-state index contributed by atoms with van der Waals surface area (Å²) in [6.45, 7) is 11.0. The highest BCUT2D eigenvalue weighted by atomic mass is 32.2. The predicted molar refractivity (Wildman–Crippen MR) is 214 cm³/mol. The van der Waals surface area contributed by atoms with Gasteiger partial charge in [0.15, 0.2) is 0 Å². The van der Waals surface area contributed by atoms with E-state index in [0.717, 1.165) is 29.7 Å². The van der Waals surface area contributed by atoms with Crippen molar-refractivity contribution in [2.45, 2.75) is 62.2 Å². The van der Waals surface area contributed by atoms with Crippen LogP contribution in [0.5, 0.6) is 17.4 Å². The highest BCUT2D eigenvalue weighted by molar-refractivity contribution is 7.92. The van der Waals surface area contributed by atoms with E-state index in [1.54, 1.807) is 79.2 Å². The molecule has 0 amide bonds. The average Bonchev–Trinajstić information content (AvgIpc) is 3.83. The summed E-state index contributed by atoms with van der Waals surface area (Å²) in [5.41, 5.74) is 8.67. The third kappa shape index (κ3) is 10.9. The first-order valence-corrected chi connectivity index (χ1v) is 20.8. The number of ether oxygens (including phenoxy) is 2. The highest BCUT2D eigenvalue weighted by Crippen LogP contribution is 2.38. The molecule has 1 atom stereocenters. The maximum absolute atomic E-state index is 13.0. The van der Waals surface area contributed by atoms with Gasteiger partial charge in [-0.15, -0.1) is 11.3 Å². The van der Waals surface area contributed by atoms with Gasteiger partial charge in [-0.2, -0.15) is 9.57 Å². The molecule has 0 bridgehead atoms. The topological polar surface area (TPSA) is 165 Å². The minimum Gasteiger partial charge on any atom is -0.497 e. The molecule has 284 valence electrons.